The van der Waals surface area contributed by atoms with Crippen molar-refractivity contribution in [1.82, 2.24) is 14.8 Å². The number of alkyl halides is 3. The molecule has 4 rings (SSSR count). The van der Waals surface area contributed by atoms with Crippen LogP contribution in [-0.4, -0.2) is 28.5 Å². The number of carbonyl (C=O) groups is 1. The van der Waals surface area contributed by atoms with Crippen molar-refractivity contribution in [3.63, 3.8) is 0 Å². The van der Waals surface area contributed by atoms with E-state index in [4.69, 9.17) is 0 Å². The van der Waals surface area contributed by atoms with E-state index in [1.54, 1.807) is 4.57 Å². The molecule has 1 amide bonds. The smallest absolute Gasteiger partial charge is 0.352 e. The van der Waals surface area contributed by atoms with Crippen LogP contribution in [0, 0.1) is 17.6 Å². The average Bonchev–Trinajstić information content (AvgIpc) is 3.29. The lowest BCUT2D eigenvalue weighted by Gasteiger charge is -2.31. The minimum absolute atomic E-state index is 0.109. The second kappa shape index (κ2) is 10.6. The van der Waals surface area contributed by atoms with Crippen LogP contribution in [0.4, 0.5) is 22.0 Å². The first-order valence-corrected chi connectivity index (χ1v) is 11.4. The molecular formula is C26H26F5N3O. The summed E-state index contributed by atoms with van der Waals surface area (Å²) in [7, 11) is 0. The number of hydrogen-bond donors (Lipinski definition) is 1. The van der Waals surface area contributed by atoms with Crippen LogP contribution in [0.5, 0.6) is 0 Å². The fourth-order valence-corrected chi connectivity index (χ4v) is 4.31. The molecular weight excluding hydrogens is 465 g/mol. The van der Waals surface area contributed by atoms with Gasteiger partial charge in [0, 0.05) is 37.6 Å². The Hall–Kier alpha value is -3.20. The van der Waals surface area contributed by atoms with Crippen LogP contribution in [0.1, 0.15) is 36.0 Å². The van der Waals surface area contributed by atoms with Gasteiger partial charge in [0.2, 0.25) is 5.91 Å². The first-order chi connectivity index (χ1) is 16.7. The average molecular weight is 492 g/mol. The molecule has 1 N–H and O–H groups in total. The molecule has 9 heteroatoms. The summed E-state index contributed by atoms with van der Waals surface area (Å²) in [4.78, 5) is 14.6. The second-order valence-electron chi connectivity index (χ2n) is 8.92. The number of aromatic nitrogens is 1. The Morgan fingerprint density at radius 2 is 1.66 bits per heavy atom. The Kier molecular flexibility index (Phi) is 7.54. The van der Waals surface area contributed by atoms with Gasteiger partial charge in [-0.05, 0) is 85.4 Å². The summed E-state index contributed by atoms with van der Waals surface area (Å²) in [6, 6.07) is 10.6. The highest BCUT2D eigenvalue weighted by Gasteiger charge is 2.30. The van der Waals surface area contributed by atoms with Crippen molar-refractivity contribution in [3.8, 4) is 5.69 Å². The van der Waals surface area contributed by atoms with Gasteiger partial charge in [-0.1, -0.05) is 6.07 Å². The number of likely N-dealkylation sites (tertiary alicyclic amines) is 1. The van der Waals surface area contributed by atoms with E-state index in [-0.39, 0.29) is 18.4 Å². The van der Waals surface area contributed by atoms with E-state index in [1.165, 1.54) is 18.2 Å². The van der Waals surface area contributed by atoms with Crippen LogP contribution >= 0.6 is 0 Å². The molecule has 1 aromatic heterocycles. The molecule has 35 heavy (non-hydrogen) atoms. The summed E-state index contributed by atoms with van der Waals surface area (Å²) in [6.45, 7) is 2.56. The molecule has 4 nitrogen and oxygen atoms in total. The Morgan fingerprint density at radius 3 is 2.31 bits per heavy atom. The second-order valence-corrected chi connectivity index (χ2v) is 8.92. The molecule has 186 valence electrons. The molecule has 3 aromatic rings. The molecule has 1 saturated heterocycles. The van der Waals surface area contributed by atoms with E-state index in [1.807, 2.05) is 18.5 Å². The summed E-state index contributed by atoms with van der Waals surface area (Å²) in [5.74, 6) is -1.70. The molecule has 0 bridgehead atoms. The number of piperidine rings is 1. The van der Waals surface area contributed by atoms with Crippen LogP contribution < -0.4 is 5.32 Å². The van der Waals surface area contributed by atoms with Gasteiger partial charge < -0.3 is 9.88 Å². The van der Waals surface area contributed by atoms with Gasteiger partial charge in [0.1, 0.15) is 0 Å². The number of hydrogen-bond acceptors (Lipinski definition) is 2. The van der Waals surface area contributed by atoms with Gasteiger partial charge in [0.25, 0.3) is 0 Å². The zero-order valence-electron chi connectivity index (χ0n) is 19.0. The number of amides is 1. The topological polar surface area (TPSA) is 37.3 Å². The maximum Gasteiger partial charge on any atom is 0.416 e. The first kappa shape index (κ1) is 24.9. The number of benzene rings is 2. The predicted octanol–water partition coefficient (Wildman–Crippen LogP) is 5.69. The van der Waals surface area contributed by atoms with E-state index in [2.05, 4.69) is 10.2 Å². The van der Waals surface area contributed by atoms with Gasteiger partial charge in [0.05, 0.1) is 5.56 Å². The third-order valence-corrected chi connectivity index (χ3v) is 6.31. The largest absolute Gasteiger partial charge is 0.416 e. The van der Waals surface area contributed by atoms with Crippen LogP contribution in [0.3, 0.4) is 0 Å². The summed E-state index contributed by atoms with van der Waals surface area (Å²) in [5, 5.41) is 2.77. The lowest BCUT2D eigenvalue weighted by atomic mass is 9.93. The van der Waals surface area contributed by atoms with Crippen molar-refractivity contribution in [2.45, 2.75) is 38.5 Å². The summed E-state index contributed by atoms with van der Waals surface area (Å²) in [5.41, 5.74) is 1.56. The molecule has 1 aliphatic rings. The quantitative estimate of drug-likeness (QED) is 0.431. The molecule has 2 aromatic carbocycles. The summed E-state index contributed by atoms with van der Waals surface area (Å²) in [6.07, 6.45) is 1.54. The lowest BCUT2D eigenvalue weighted by Crippen LogP contribution is -2.35. The summed E-state index contributed by atoms with van der Waals surface area (Å²) >= 11 is 0. The number of nitrogens with zero attached hydrogens (tertiary/aromatic N) is 2. The van der Waals surface area contributed by atoms with E-state index < -0.39 is 23.4 Å². The van der Waals surface area contributed by atoms with Crippen molar-refractivity contribution < 1.29 is 26.7 Å². The van der Waals surface area contributed by atoms with Gasteiger partial charge in [-0.25, -0.2) is 8.78 Å². The van der Waals surface area contributed by atoms with Gasteiger partial charge in [0.15, 0.2) is 11.6 Å². The van der Waals surface area contributed by atoms with Gasteiger partial charge >= 0.3 is 6.18 Å². The Morgan fingerprint density at radius 1 is 0.943 bits per heavy atom. The molecule has 0 aliphatic carbocycles. The minimum atomic E-state index is -4.35. The van der Waals surface area contributed by atoms with Crippen LogP contribution in [0.2, 0.25) is 0 Å². The van der Waals surface area contributed by atoms with E-state index in [0.29, 0.717) is 17.7 Å². The van der Waals surface area contributed by atoms with Crippen molar-refractivity contribution >= 4 is 5.91 Å². The molecule has 0 unspecified atom stereocenters. The number of halogens is 5. The molecule has 1 aliphatic heterocycles. The first-order valence-electron chi connectivity index (χ1n) is 11.4. The molecule has 0 saturated carbocycles. The molecule has 0 radical (unpaired) electrons. The fourth-order valence-electron chi connectivity index (χ4n) is 4.31. The SMILES string of the molecule is O=C(CC1CCN(Cc2ccn(-c3ccc(C(F)(F)F)cc3)c2)CC1)NCc1ccc(F)c(F)c1. The third kappa shape index (κ3) is 6.69. The van der Waals surface area contributed by atoms with Crippen molar-refractivity contribution in [1.29, 1.82) is 0 Å². The van der Waals surface area contributed by atoms with Crippen LogP contribution in [-0.2, 0) is 24.1 Å². The highest BCUT2D eigenvalue weighted by atomic mass is 19.4. The van der Waals surface area contributed by atoms with Crippen LogP contribution in [0.25, 0.3) is 5.69 Å². The van der Waals surface area contributed by atoms with Crippen molar-refractivity contribution in [2.24, 2.45) is 5.92 Å². The van der Waals surface area contributed by atoms with Crippen molar-refractivity contribution in [3.05, 3.63) is 89.2 Å². The molecule has 1 fully saturated rings. The third-order valence-electron chi connectivity index (χ3n) is 6.31. The minimum Gasteiger partial charge on any atom is -0.352 e. The summed E-state index contributed by atoms with van der Waals surface area (Å²) < 4.78 is 66.4. The zero-order valence-corrected chi connectivity index (χ0v) is 19.0. The number of carbonyl (C=O) groups excluding carboxylic acids is 1. The normalized spacial score (nSPS) is 15.3. The van der Waals surface area contributed by atoms with Crippen LogP contribution in [0.15, 0.2) is 60.9 Å². The highest BCUT2D eigenvalue weighted by Crippen LogP contribution is 2.30. The van der Waals surface area contributed by atoms with E-state index in [0.717, 1.165) is 62.3 Å². The predicted molar refractivity (Wildman–Crippen MR) is 122 cm³/mol. The molecule has 2 heterocycles. The lowest BCUT2D eigenvalue weighted by molar-refractivity contribution is -0.137. The Balaban J connectivity index is 1.21. The Labute approximate surface area is 200 Å². The van der Waals surface area contributed by atoms with Gasteiger partial charge in [-0.15, -0.1) is 0 Å². The van der Waals surface area contributed by atoms with Gasteiger partial charge in [-0.3, -0.25) is 9.69 Å². The fraction of sp³-hybridized carbons (Fsp3) is 0.346. The van der Waals surface area contributed by atoms with Crippen molar-refractivity contribution in [2.75, 3.05) is 13.1 Å². The number of rotatable bonds is 7. The standard InChI is InChI=1S/C26H26F5N3O/c27-23-6-1-19(13-24(23)28)15-32-25(35)14-18-7-10-33(11-8-18)16-20-9-12-34(17-20)22-4-2-21(3-5-22)26(29,30)31/h1-6,9,12-13,17-18H,7-8,10-11,14-16H2,(H,32,35). The van der Waals surface area contributed by atoms with E-state index >= 15 is 0 Å². The number of nitrogens with one attached hydrogen (secondary N) is 1. The monoisotopic (exact) mass is 491 g/mol. The zero-order chi connectivity index (χ0) is 25.0. The maximum absolute atomic E-state index is 13.3. The van der Waals surface area contributed by atoms with Gasteiger partial charge in [-0.2, -0.15) is 13.2 Å². The Bertz CT molecular complexity index is 1150. The van der Waals surface area contributed by atoms with E-state index in [9.17, 15) is 26.7 Å². The highest BCUT2D eigenvalue weighted by molar-refractivity contribution is 5.76. The molecule has 0 atom stereocenters. The molecule has 0 spiro atoms. The maximum atomic E-state index is 13.3.